The highest BCUT2D eigenvalue weighted by Crippen LogP contribution is 2.45. The van der Waals surface area contributed by atoms with Crippen molar-refractivity contribution in [3.63, 3.8) is 0 Å². The van der Waals surface area contributed by atoms with Gasteiger partial charge in [0.1, 0.15) is 23.2 Å². The largest absolute Gasteiger partial charge is 0.477 e. The van der Waals surface area contributed by atoms with E-state index < -0.39 is 53.2 Å². The molecule has 246 valence electrons. The highest BCUT2D eigenvalue weighted by Gasteiger charge is 2.55. The normalized spacial score (nSPS) is 19.3. The molecule has 4 amide bonds. The quantitative estimate of drug-likeness (QED) is 0.0808. The Labute approximate surface area is 279 Å². The van der Waals surface area contributed by atoms with E-state index >= 15 is 0 Å². The number of nitrogens with zero attached hydrogens (tertiary/aromatic N) is 5. The summed E-state index contributed by atoms with van der Waals surface area (Å²) in [7, 11) is 0. The molecule has 3 unspecified atom stereocenters. The van der Waals surface area contributed by atoms with Crippen LogP contribution >= 0.6 is 46.8 Å². The second-order valence-corrected chi connectivity index (χ2v) is 14.0. The van der Waals surface area contributed by atoms with Gasteiger partial charge in [-0.05, 0) is 31.2 Å². The van der Waals surface area contributed by atoms with Crippen LogP contribution in [0.4, 0.5) is 5.13 Å². The number of nitrogen functional groups attached to an aromatic ring is 1. The first-order valence-corrected chi connectivity index (χ1v) is 17.4. The number of fused-ring (bicyclic) bond motifs is 1. The molecule has 0 aliphatic carbocycles. The van der Waals surface area contributed by atoms with Gasteiger partial charge in [-0.2, -0.15) is 16.1 Å². The number of pyridine rings is 1. The Kier molecular flexibility index (Phi) is 11.9. The van der Waals surface area contributed by atoms with Gasteiger partial charge in [-0.1, -0.05) is 11.8 Å². The molecule has 4 rings (SSSR count). The van der Waals surface area contributed by atoms with E-state index in [1.54, 1.807) is 25.3 Å². The average Bonchev–Trinajstić information content (AvgIpc) is 3.45. The third-order valence-corrected chi connectivity index (χ3v) is 10.7. The number of aliphatic carboxylic acids is 1. The van der Waals surface area contributed by atoms with Gasteiger partial charge in [0.2, 0.25) is 17.9 Å². The summed E-state index contributed by atoms with van der Waals surface area (Å²) in [5.74, 6) is -2.56. The number of anilines is 1. The second-order valence-electron chi connectivity index (χ2n) is 9.88. The zero-order chi connectivity index (χ0) is 33.5. The lowest BCUT2D eigenvalue weighted by Crippen LogP contribution is -2.70. The van der Waals surface area contributed by atoms with Crippen LogP contribution in [-0.4, -0.2) is 95.5 Å². The van der Waals surface area contributed by atoms with Gasteiger partial charge >= 0.3 is 5.97 Å². The fourth-order valence-electron chi connectivity index (χ4n) is 4.21. The van der Waals surface area contributed by atoms with Crippen LogP contribution in [0.3, 0.4) is 0 Å². The number of nitrogens with one attached hydrogen (secondary N) is 3. The minimum absolute atomic E-state index is 0.0434. The average molecular weight is 711 g/mol. The lowest BCUT2D eigenvalue weighted by molar-refractivity contribution is -0.150. The van der Waals surface area contributed by atoms with Crippen molar-refractivity contribution in [1.29, 1.82) is 0 Å². The van der Waals surface area contributed by atoms with Crippen molar-refractivity contribution in [1.82, 2.24) is 35.2 Å². The number of thioether (sulfide) groups is 3. The molecule has 0 aromatic carbocycles. The number of carbonyl (C=O) groups is 5. The lowest BCUT2D eigenvalue weighted by Gasteiger charge is -2.49. The van der Waals surface area contributed by atoms with Crippen LogP contribution in [0, 0.1) is 4.91 Å². The molecular weight excluding hydrogens is 681 g/mol. The summed E-state index contributed by atoms with van der Waals surface area (Å²) in [5, 5.41) is 19.9. The third kappa shape index (κ3) is 8.13. The summed E-state index contributed by atoms with van der Waals surface area (Å²) < 4.78 is 3.83. The van der Waals surface area contributed by atoms with Gasteiger partial charge < -0.3 is 32.5 Å². The molecule has 1 saturated heterocycles. The first-order chi connectivity index (χ1) is 21.9. The molecule has 1 fully saturated rings. The fourth-order valence-corrected chi connectivity index (χ4v) is 8.15. The SMILES string of the molecule is C[C@H](N)C(=O)N[C@@H](C)C(=O)NCCSCc1ncccc1SC1=C(C(=O)O)N2C(=O)C(NC(=O)C(N=O)c3nsc(N)n3)C2SC1. The van der Waals surface area contributed by atoms with Gasteiger partial charge in [-0.25, -0.2) is 9.78 Å². The smallest absolute Gasteiger partial charge is 0.353 e. The first kappa shape index (κ1) is 35.1. The van der Waals surface area contributed by atoms with Crippen LogP contribution in [0.5, 0.6) is 0 Å². The van der Waals surface area contributed by atoms with Gasteiger partial charge in [0, 0.05) is 51.3 Å². The molecule has 0 saturated carbocycles. The summed E-state index contributed by atoms with van der Waals surface area (Å²) in [5.41, 5.74) is 11.5. The zero-order valence-electron chi connectivity index (χ0n) is 24.4. The minimum Gasteiger partial charge on any atom is -0.477 e. The van der Waals surface area contributed by atoms with E-state index in [2.05, 4.69) is 35.5 Å². The highest BCUT2D eigenvalue weighted by atomic mass is 32.2. The molecule has 4 heterocycles. The number of hydrogen-bond donors (Lipinski definition) is 6. The molecule has 46 heavy (non-hydrogen) atoms. The third-order valence-electron chi connectivity index (χ3n) is 6.52. The van der Waals surface area contributed by atoms with E-state index in [0.29, 0.717) is 33.5 Å². The molecular formula is C25H30N10O7S4. The fraction of sp³-hybridized carbons (Fsp3) is 0.440. The molecule has 8 N–H and O–H groups in total. The van der Waals surface area contributed by atoms with Gasteiger partial charge in [0.15, 0.2) is 11.0 Å². The number of nitroso groups, excluding NO2 is 1. The predicted molar refractivity (Wildman–Crippen MR) is 173 cm³/mol. The van der Waals surface area contributed by atoms with Crippen LogP contribution in [-0.2, 0) is 29.7 Å². The summed E-state index contributed by atoms with van der Waals surface area (Å²) in [4.78, 5) is 83.9. The molecule has 0 bridgehead atoms. The van der Waals surface area contributed by atoms with Crippen molar-refractivity contribution < 1.29 is 29.1 Å². The number of rotatable bonds is 15. The molecule has 0 radical (unpaired) electrons. The molecule has 0 spiro atoms. The van der Waals surface area contributed by atoms with Crippen molar-refractivity contribution in [2.75, 3.05) is 23.8 Å². The number of β-lactam (4-membered cyclic amide) rings is 1. The number of carboxylic acids is 1. The zero-order valence-corrected chi connectivity index (χ0v) is 27.6. The minimum atomic E-state index is -1.61. The Morgan fingerprint density at radius 3 is 2.65 bits per heavy atom. The molecule has 21 heteroatoms. The summed E-state index contributed by atoms with van der Waals surface area (Å²) in [6.45, 7) is 3.43. The summed E-state index contributed by atoms with van der Waals surface area (Å²) in [6, 6.07) is -0.627. The maximum atomic E-state index is 13.1. The van der Waals surface area contributed by atoms with Gasteiger partial charge in [-0.3, -0.25) is 29.1 Å². The van der Waals surface area contributed by atoms with Crippen LogP contribution in [0.15, 0.2) is 39.0 Å². The van der Waals surface area contributed by atoms with Crippen molar-refractivity contribution in [3.05, 3.63) is 45.4 Å². The Morgan fingerprint density at radius 1 is 1.24 bits per heavy atom. The molecule has 5 atom stereocenters. The van der Waals surface area contributed by atoms with Gasteiger partial charge in [0.25, 0.3) is 11.8 Å². The number of carbonyl (C=O) groups excluding carboxylic acids is 4. The number of amides is 4. The Hall–Kier alpha value is -3.79. The highest BCUT2D eigenvalue weighted by molar-refractivity contribution is 8.06. The Bertz CT molecular complexity index is 1550. The number of hydrogen-bond acceptors (Lipinski definition) is 16. The molecule has 2 aromatic heterocycles. The molecule has 17 nitrogen and oxygen atoms in total. The topological polar surface area (TPSA) is 265 Å². The number of nitrogens with two attached hydrogens (primary N) is 2. The van der Waals surface area contributed by atoms with E-state index in [9.17, 15) is 34.0 Å². The summed E-state index contributed by atoms with van der Waals surface area (Å²) >= 11 is 4.74. The van der Waals surface area contributed by atoms with Crippen molar-refractivity contribution in [2.24, 2.45) is 10.9 Å². The van der Waals surface area contributed by atoms with Gasteiger partial charge in [-0.15, -0.1) is 16.7 Å². The Morgan fingerprint density at radius 2 is 2.00 bits per heavy atom. The number of aromatic nitrogens is 3. The monoisotopic (exact) mass is 710 g/mol. The van der Waals surface area contributed by atoms with E-state index in [4.69, 9.17) is 11.5 Å². The maximum absolute atomic E-state index is 13.1. The van der Waals surface area contributed by atoms with Crippen molar-refractivity contribution in [2.45, 2.75) is 54.0 Å². The maximum Gasteiger partial charge on any atom is 0.353 e. The molecule has 2 aromatic rings. The predicted octanol–water partition coefficient (Wildman–Crippen LogP) is 0.0125. The first-order valence-electron chi connectivity index (χ1n) is 13.6. The summed E-state index contributed by atoms with van der Waals surface area (Å²) in [6.07, 6.45) is 1.62. The van der Waals surface area contributed by atoms with Crippen molar-refractivity contribution >= 4 is 81.5 Å². The van der Waals surface area contributed by atoms with Gasteiger partial charge in [0.05, 0.1) is 11.7 Å². The van der Waals surface area contributed by atoms with E-state index in [0.717, 1.165) is 16.4 Å². The lowest BCUT2D eigenvalue weighted by atomic mass is 10.0. The van der Waals surface area contributed by atoms with Crippen LogP contribution < -0.4 is 27.4 Å². The van der Waals surface area contributed by atoms with Crippen molar-refractivity contribution in [3.8, 4) is 0 Å². The number of carboxylic acid groups (broad SMARTS) is 1. The van der Waals surface area contributed by atoms with E-state index in [-0.39, 0.29) is 28.3 Å². The van der Waals surface area contributed by atoms with E-state index in [1.165, 1.54) is 42.2 Å². The van der Waals surface area contributed by atoms with Crippen LogP contribution in [0.2, 0.25) is 0 Å². The molecule has 2 aliphatic heterocycles. The molecule has 2 aliphatic rings. The Balaban J connectivity index is 1.35. The van der Waals surface area contributed by atoms with Crippen LogP contribution in [0.25, 0.3) is 0 Å². The van der Waals surface area contributed by atoms with E-state index in [1.807, 2.05) is 0 Å². The van der Waals surface area contributed by atoms with Crippen LogP contribution in [0.1, 0.15) is 31.4 Å². The second kappa shape index (κ2) is 15.7. The standard InChI is InChI=1S/C25H30N10O7S4/c1-10(26)19(36)30-11(2)20(37)29-6-7-43-8-12-13(4-3-5-28-12)45-14-9-44-23-16(22(39)35(23)17(14)24(40)41)31-21(38)15(33-42)18-32-25(27)46-34-18/h3-5,10-11,15-16,23H,6-9,26H2,1-2H3,(H,29,37)(H,30,36)(H,31,38)(H,40,41)(H2,27,32,34)/t10-,11-,15?,16?,23?/m0/s1.